The van der Waals surface area contributed by atoms with E-state index in [1.807, 2.05) is 0 Å². The van der Waals surface area contributed by atoms with Crippen molar-refractivity contribution >= 4 is 26.3 Å². The van der Waals surface area contributed by atoms with Crippen LogP contribution in [-0.2, 0) is 0 Å². The van der Waals surface area contributed by atoms with Gasteiger partial charge in [-0.25, -0.2) is 0 Å². The van der Waals surface area contributed by atoms with E-state index in [2.05, 4.69) is 49.7 Å². The molecule has 0 saturated heterocycles. The van der Waals surface area contributed by atoms with Crippen molar-refractivity contribution in [3.63, 3.8) is 0 Å². The van der Waals surface area contributed by atoms with Gasteiger partial charge in [0.1, 0.15) is 0 Å². The van der Waals surface area contributed by atoms with Crippen molar-refractivity contribution < 1.29 is 0 Å². The van der Waals surface area contributed by atoms with Crippen LogP contribution in [0.15, 0.2) is 0 Å². The monoisotopic (exact) mass is 526 g/mol. The Bertz CT molecular complexity index is 294. The Morgan fingerprint density at radius 3 is 0.857 bits per heavy atom. The predicted octanol–water partition coefficient (Wildman–Crippen LogP) is 11.0. The number of unbranched alkanes of at least 4 members (excludes halogenated alkanes) is 14. The first-order chi connectivity index (χ1) is 13.5. The summed E-state index contributed by atoms with van der Waals surface area (Å²) < 4.78 is -1.54. The van der Waals surface area contributed by atoms with Crippen molar-refractivity contribution in [1.29, 1.82) is 0 Å². The Kier molecular flexibility index (Phi) is 19.7. The van der Waals surface area contributed by atoms with Gasteiger partial charge in [-0.2, -0.15) is 0 Å². The van der Waals surface area contributed by atoms with Crippen molar-refractivity contribution in [2.45, 2.75) is 143 Å². The molecule has 0 N–H and O–H groups in total. The van der Waals surface area contributed by atoms with Crippen LogP contribution in [0.25, 0.3) is 0 Å². The predicted molar refractivity (Wildman–Crippen MR) is 146 cm³/mol. The third-order valence-corrected chi connectivity index (χ3v) is 18.3. The summed E-state index contributed by atoms with van der Waals surface area (Å²) >= 11 is 3.16. The third-order valence-electron chi connectivity index (χ3n) is 6.78. The molecule has 0 aliphatic heterocycles. The normalized spacial score (nSPS) is 13.5. The fourth-order valence-electron chi connectivity index (χ4n) is 4.76. The third kappa shape index (κ3) is 15.0. The van der Waals surface area contributed by atoms with Gasteiger partial charge in [-0.05, 0) is 0 Å². The average Bonchev–Trinajstić information content (AvgIpc) is 2.69. The fraction of sp³-hybridized carbons (Fsp3) is 1.00. The Hall–Kier alpha value is 1.16. The number of hydrogen-bond acceptors (Lipinski definition) is 0. The van der Waals surface area contributed by atoms with Crippen molar-refractivity contribution in [1.82, 2.24) is 0 Å². The van der Waals surface area contributed by atoms with Gasteiger partial charge in [0.15, 0.2) is 0 Å². The topological polar surface area (TPSA) is 0 Å². The van der Waals surface area contributed by atoms with Crippen LogP contribution in [0.5, 0.6) is 0 Å². The summed E-state index contributed by atoms with van der Waals surface area (Å²) in [5.74, 6) is 0. The maximum atomic E-state index is 3.16. The van der Waals surface area contributed by atoms with Gasteiger partial charge < -0.3 is 0 Å². The van der Waals surface area contributed by atoms with Crippen LogP contribution in [0, 0.1) is 0 Å². The van der Waals surface area contributed by atoms with E-state index < -0.39 is 4.25 Å². The summed E-state index contributed by atoms with van der Waals surface area (Å²) in [6.45, 7) is 9.40. The maximum absolute atomic E-state index is 3.16. The Labute approximate surface area is 193 Å². The molecule has 0 amide bonds. The molecule has 0 spiro atoms. The number of rotatable bonds is 22. The van der Waals surface area contributed by atoms with Crippen molar-refractivity contribution in [3.8, 4) is 0 Å². The summed E-state index contributed by atoms with van der Waals surface area (Å²) in [5, 5.41) is 0. The Morgan fingerprint density at radius 1 is 0.357 bits per heavy atom. The van der Waals surface area contributed by atoms with Crippen LogP contribution < -0.4 is 0 Å². The van der Waals surface area contributed by atoms with Crippen LogP contribution in [0.1, 0.15) is 143 Å². The second kappa shape index (κ2) is 18.9. The standard InChI is InChI=1S/C26H56IP/c1-5-9-13-17-18-22-26-28(27,23-19-14-10-6-2,24-20-15-11-7-3)25-21-16-12-8-4/h5-26H2,1-4H3. The SMILES string of the molecule is CCCCCCCCP(I)(CCCCCC)(CCCCCC)CCCCCC. The summed E-state index contributed by atoms with van der Waals surface area (Å²) in [5.41, 5.74) is 0. The summed E-state index contributed by atoms with van der Waals surface area (Å²) in [4.78, 5) is 0. The molecule has 0 fully saturated rings. The van der Waals surface area contributed by atoms with Crippen LogP contribution >= 0.6 is 26.3 Å². The minimum absolute atomic E-state index is 1.37. The molecule has 0 radical (unpaired) electrons. The molecule has 172 valence electrons. The molecule has 0 aliphatic rings. The second-order valence-corrected chi connectivity index (χ2v) is 23.3. The van der Waals surface area contributed by atoms with Gasteiger partial charge in [0.05, 0.1) is 0 Å². The van der Waals surface area contributed by atoms with Gasteiger partial charge >= 0.3 is 194 Å². The second-order valence-electron chi connectivity index (χ2n) is 9.66. The van der Waals surface area contributed by atoms with Crippen molar-refractivity contribution in [2.75, 3.05) is 24.6 Å². The zero-order valence-corrected chi connectivity index (χ0v) is 23.4. The molecule has 0 aromatic rings. The molecule has 0 aliphatic carbocycles. The molecule has 28 heavy (non-hydrogen) atoms. The van der Waals surface area contributed by atoms with Gasteiger partial charge in [-0.3, -0.25) is 0 Å². The fourth-order valence-corrected chi connectivity index (χ4v) is 14.3. The molecule has 0 aromatic heterocycles. The van der Waals surface area contributed by atoms with E-state index in [0.29, 0.717) is 0 Å². The van der Waals surface area contributed by atoms with Crippen LogP contribution in [0.2, 0.25) is 0 Å². The van der Waals surface area contributed by atoms with Crippen LogP contribution in [0.3, 0.4) is 0 Å². The van der Waals surface area contributed by atoms with E-state index in [4.69, 9.17) is 0 Å². The van der Waals surface area contributed by atoms with E-state index in [-0.39, 0.29) is 0 Å². The number of halogens is 1. The van der Waals surface area contributed by atoms with Gasteiger partial charge in [0, 0.05) is 0 Å². The average molecular weight is 527 g/mol. The Balaban J connectivity index is 4.91. The van der Waals surface area contributed by atoms with Gasteiger partial charge in [-0.1, -0.05) is 0 Å². The molecule has 0 heterocycles. The van der Waals surface area contributed by atoms with Gasteiger partial charge in [-0.15, -0.1) is 0 Å². The molecular weight excluding hydrogens is 470 g/mol. The van der Waals surface area contributed by atoms with E-state index in [0.717, 1.165) is 0 Å². The first-order valence-electron chi connectivity index (χ1n) is 13.3. The summed E-state index contributed by atoms with van der Waals surface area (Å²) in [6.07, 6.45) is 32.7. The summed E-state index contributed by atoms with van der Waals surface area (Å²) in [6, 6.07) is 0. The Morgan fingerprint density at radius 2 is 0.571 bits per heavy atom. The number of hydrogen-bond donors (Lipinski definition) is 0. The summed E-state index contributed by atoms with van der Waals surface area (Å²) in [7, 11) is 0. The van der Waals surface area contributed by atoms with Crippen molar-refractivity contribution in [3.05, 3.63) is 0 Å². The first-order valence-corrected chi connectivity index (χ1v) is 19.0. The van der Waals surface area contributed by atoms with Crippen LogP contribution in [0.4, 0.5) is 0 Å². The van der Waals surface area contributed by atoms with Crippen LogP contribution in [-0.4, -0.2) is 24.6 Å². The van der Waals surface area contributed by atoms with Gasteiger partial charge in [0.2, 0.25) is 0 Å². The molecule has 0 nitrogen and oxygen atoms in total. The molecular formula is C26H56IP. The molecule has 0 atom stereocenters. The van der Waals surface area contributed by atoms with E-state index >= 15 is 0 Å². The molecule has 0 aromatic carbocycles. The molecule has 2 heteroatoms. The molecule has 0 rings (SSSR count). The minimum atomic E-state index is -1.54. The molecule has 0 saturated carbocycles. The molecule has 0 unspecified atom stereocenters. The van der Waals surface area contributed by atoms with E-state index in [1.54, 1.807) is 24.6 Å². The zero-order chi connectivity index (χ0) is 21.0. The zero-order valence-electron chi connectivity index (χ0n) is 20.4. The molecule has 0 bridgehead atoms. The first kappa shape index (κ1) is 29.2. The van der Waals surface area contributed by atoms with E-state index in [9.17, 15) is 0 Å². The quantitative estimate of drug-likeness (QED) is 0.0748. The van der Waals surface area contributed by atoms with Crippen molar-refractivity contribution in [2.24, 2.45) is 0 Å². The van der Waals surface area contributed by atoms with E-state index in [1.165, 1.54) is 116 Å². The van der Waals surface area contributed by atoms with Gasteiger partial charge in [0.25, 0.3) is 0 Å².